The lowest BCUT2D eigenvalue weighted by molar-refractivity contribution is 0.0996. The highest BCUT2D eigenvalue weighted by Gasteiger charge is 2.16. The highest BCUT2D eigenvalue weighted by molar-refractivity contribution is 6.06. The van der Waals surface area contributed by atoms with Crippen LogP contribution in [0.15, 0.2) is 108 Å². The van der Waals surface area contributed by atoms with Crippen LogP contribution in [0.5, 0.6) is 11.5 Å². The van der Waals surface area contributed by atoms with Gasteiger partial charge in [-0.25, -0.2) is 0 Å². The second kappa shape index (κ2) is 10.7. The molecule has 0 aliphatic rings. The van der Waals surface area contributed by atoms with E-state index in [0.717, 1.165) is 10.9 Å². The number of carbonyl (C=O) groups is 2. The molecule has 0 saturated carbocycles. The van der Waals surface area contributed by atoms with Crippen molar-refractivity contribution >= 4 is 34.2 Å². The third-order valence-electron chi connectivity index (χ3n) is 5.70. The fraction of sp³-hybridized carbons (Fsp3) is 0.0667. The molecule has 0 unspecified atom stereocenters. The van der Waals surface area contributed by atoms with E-state index in [1.807, 2.05) is 54.6 Å². The third-order valence-corrected chi connectivity index (χ3v) is 5.70. The summed E-state index contributed by atoms with van der Waals surface area (Å²) < 4.78 is 16.9. The predicted octanol–water partition coefficient (Wildman–Crippen LogP) is 6.53. The van der Waals surface area contributed by atoms with Gasteiger partial charge in [-0.3, -0.25) is 9.59 Å². The van der Waals surface area contributed by atoms with Crippen molar-refractivity contribution in [1.82, 2.24) is 0 Å². The van der Waals surface area contributed by atoms with Crippen LogP contribution < -0.4 is 20.1 Å². The first-order valence-corrected chi connectivity index (χ1v) is 11.7. The first-order valence-electron chi connectivity index (χ1n) is 11.7. The zero-order chi connectivity index (χ0) is 25.6. The molecule has 0 atom stereocenters. The summed E-state index contributed by atoms with van der Waals surface area (Å²) in [6, 6.07) is 30.9. The van der Waals surface area contributed by atoms with Crippen molar-refractivity contribution in [3.05, 3.63) is 120 Å². The number of rotatable bonds is 8. The van der Waals surface area contributed by atoms with Crippen LogP contribution in [0.2, 0.25) is 0 Å². The maximum absolute atomic E-state index is 12.9. The molecule has 0 aliphatic carbocycles. The van der Waals surface area contributed by atoms with Gasteiger partial charge in [0.2, 0.25) is 0 Å². The number of methoxy groups -OCH3 is 1. The standard InChI is InChI=1S/C30H24N2O5/c1-35-27-18-23(14-15-25(27)32-30(34)28-17-21-10-5-6-13-26(21)37-28)31-29(33)22-11-7-12-24(16-22)36-19-20-8-3-2-4-9-20/h2-18H,19H2,1H3,(H,31,33)(H,32,34). The summed E-state index contributed by atoms with van der Waals surface area (Å²) in [4.78, 5) is 25.6. The number of furan rings is 1. The topological polar surface area (TPSA) is 89.8 Å². The Bertz CT molecular complexity index is 1530. The van der Waals surface area contributed by atoms with E-state index in [1.165, 1.54) is 7.11 Å². The van der Waals surface area contributed by atoms with Crippen LogP contribution in [0.25, 0.3) is 11.0 Å². The Labute approximate surface area is 213 Å². The average molecular weight is 493 g/mol. The maximum Gasteiger partial charge on any atom is 0.291 e. The van der Waals surface area contributed by atoms with Crippen molar-refractivity contribution in [2.75, 3.05) is 17.7 Å². The van der Waals surface area contributed by atoms with Gasteiger partial charge in [-0.2, -0.15) is 0 Å². The molecule has 0 fully saturated rings. The molecule has 0 radical (unpaired) electrons. The Morgan fingerprint density at radius 2 is 1.59 bits per heavy atom. The molecular weight excluding hydrogens is 468 g/mol. The van der Waals surface area contributed by atoms with E-state index in [2.05, 4.69) is 10.6 Å². The maximum atomic E-state index is 12.9. The normalized spacial score (nSPS) is 10.6. The first kappa shape index (κ1) is 23.7. The van der Waals surface area contributed by atoms with Crippen molar-refractivity contribution in [1.29, 1.82) is 0 Å². The van der Waals surface area contributed by atoms with Gasteiger partial charge in [0.05, 0.1) is 12.8 Å². The van der Waals surface area contributed by atoms with Gasteiger partial charge in [-0.1, -0.05) is 54.6 Å². The van der Waals surface area contributed by atoms with E-state index in [9.17, 15) is 9.59 Å². The lowest BCUT2D eigenvalue weighted by atomic mass is 10.2. The molecule has 37 heavy (non-hydrogen) atoms. The summed E-state index contributed by atoms with van der Waals surface area (Å²) in [6.07, 6.45) is 0. The van der Waals surface area contributed by atoms with Crippen LogP contribution in [-0.4, -0.2) is 18.9 Å². The number of carbonyl (C=O) groups excluding carboxylic acids is 2. The molecule has 7 nitrogen and oxygen atoms in total. The molecule has 184 valence electrons. The van der Waals surface area contributed by atoms with Crippen molar-refractivity contribution in [2.24, 2.45) is 0 Å². The summed E-state index contributed by atoms with van der Waals surface area (Å²) in [5.41, 5.74) is 3.08. The smallest absolute Gasteiger partial charge is 0.291 e. The van der Waals surface area contributed by atoms with Crippen molar-refractivity contribution in [2.45, 2.75) is 6.61 Å². The Kier molecular flexibility index (Phi) is 6.85. The number of hydrogen-bond acceptors (Lipinski definition) is 5. The SMILES string of the molecule is COc1cc(NC(=O)c2cccc(OCc3ccccc3)c2)ccc1NC(=O)c1cc2ccccc2o1. The Morgan fingerprint density at radius 3 is 2.41 bits per heavy atom. The number of anilines is 2. The van der Waals surface area contributed by atoms with E-state index in [4.69, 9.17) is 13.9 Å². The summed E-state index contributed by atoms with van der Waals surface area (Å²) in [5, 5.41) is 6.50. The first-order chi connectivity index (χ1) is 18.1. The van der Waals surface area contributed by atoms with E-state index in [0.29, 0.717) is 40.6 Å². The fourth-order valence-corrected chi connectivity index (χ4v) is 3.82. The molecule has 0 bridgehead atoms. The molecule has 0 saturated heterocycles. The van der Waals surface area contributed by atoms with Gasteiger partial charge in [0, 0.05) is 22.7 Å². The van der Waals surface area contributed by atoms with Crippen LogP contribution in [0.4, 0.5) is 11.4 Å². The molecule has 5 aromatic rings. The minimum Gasteiger partial charge on any atom is -0.494 e. The highest BCUT2D eigenvalue weighted by Crippen LogP contribution is 2.29. The minimum atomic E-state index is -0.404. The molecule has 0 aliphatic heterocycles. The molecule has 7 heteroatoms. The van der Waals surface area contributed by atoms with Gasteiger partial charge >= 0.3 is 0 Å². The number of para-hydroxylation sites is 1. The third kappa shape index (κ3) is 5.62. The quantitative estimate of drug-likeness (QED) is 0.257. The summed E-state index contributed by atoms with van der Waals surface area (Å²) in [7, 11) is 1.49. The van der Waals surface area contributed by atoms with Crippen LogP contribution >= 0.6 is 0 Å². The van der Waals surface area contributed by atoms with Crippen LogP contribution in [0.3, 0.4) is 0 Å². The van der Waals surface area contributed by atoms with Crippen molar-refractivity contribution in [3.63, 3.8) is 0 Å². The van der Waals surface area contributed by atoms with E-state index in [-0.39, 0.29) is 11.7 Å². The average Bonchev–Trinajstić information content (AvgIpc) is 3.38. The lowest BCUT2D eigenvalue weighted by Gasteiger charge is -2.13. The van der Waals surface area contributed by atoms with E-state index >= 15 is 0 Å². The van der Waals surface area contributed by atoms with Gasteiger partial charge in [0.15, 0.2) is 5.76 Å². The summed E-state index contributed by atoms with van der Waals surface area (Å²) in [6.45, 7) is 0.407. The lowest BCUT2D eigenvalue weighted by Crippen LogP contribution is -2.14. The van der Waals surface area contributed by atoms with Gasteiger partial charge in [0.1, 0.15) is 23.7 Å². The monoisotopic (exact) mass is 492 g/mol. The molecule has 1 aromatic heterocycles. The molecule has 1 heterocycles. The second-order valence-corrected chi connectivity index (χ2v) is 8.27. The number of amides is 2. The molecular formula is C30H24N2O5. The summed E-state index contributed by atoms with van der Waals surface area (Å²) in [5.74, 6) is 0.472. The number of fused-ring (bicyclic) bond motifs is 1. The highest BCUT2D eigenvalue weighted by atomic mass is 16.5. The van der Waals surface area contributed by atoms with Gasteiger partial charge < -0.3 is 24.5 Å². The Morgan fingerprint density at radius 1 is 0.784 bits per heavy atom. The van der Waals surface area contributed by atoms with E-state index < -0.39 is 5.91 Å². The van der Waals surface area contributed by atoms with Crippen LogP contribution in [-0.2, 0) is 6.61 Å². The predicted molar refractivity (Wildman–Crippen MR) is 142 cm³/mol. The largest absolute Gasteiger partial charge is 0.494 e. The van der Waals surface area contributed by atoms with Crippen molar-refractivity contribution < 1.29 is 23.5 Å². The van der Waals surface area contributed by atoms with Crippen LogP contribution in [0, 0.1) is 0 Å². The van der Waals surface area contributed by atoms with E-state index in [1.54, 1.807) is 48.5 Å². The fourth-order valence-electron chi connectivity index (χ4n) is 3.82. The van der Waals surface area contributed by atoms with Gasteiger partial charge in [0.25, 0.3) is 11.8 Å². The zero-order valence-electron chi connectivity index (χ0n) is 20.1. The van der Waals surface area contributed by atoms with Crippen molar-refractivity contribution in [3.8, 4) is 11.5 Å². The molecule has 0 spiro atoms. The van der Waals surface area contributed by atoms with Gasteiger partial charge in [-0.15, -0.1) is 0 Å². The minimum absolute atomic E-state index is 0.190. The molecule has 4 aromatic carbocycles. The second-order valence-electron chi connectivity index (χ2n) is 8.27. The zero-order valence-corrected chi connectivity index (χ0v) is 20.1. The Hall–Kier alpha value is -5.04. The molecule has 5 rings (SSSR count). The number of benzene rings is 4. The van der Waals surface area contributed by atoms with Crippen LogP contribution in [0.1, 0.15) is 26.5 Å². The number of nitrogens with one attached hydrogen (secondary N) is 2. The number of hydrogen-bond donors (Lipinski definition) is 2. The number of ether oxygens (including phenoxy) is 2. The van der Waals surface area contributed by atoms with Gasteiger partial charge in [-0.05, 0) is 48.0 Å². The molecule has 2 N–H and O–H groups in total. The Balaban J connectivity index is 1.25. The summed E-state index contributed by atoms with van der Waals surface area (Å²) >= 11 is 0. The molecule has 2 amide bonds.